The maximum atomic E-state index is 12.8. The van der Waals surface area contributed by atoms with Gasteiger partial charge in [-0.3, -0.25) is 0 Å². The molecule has 1 aromatic rings. The van der Waals surface area contributed by atoms with Crippen molar-refractivity contribution in [3.8, 4) is 5.88 Å². The number of nitrogens with zero attached hydrogens (tertiary/aromatic N) is 4. The van der Waals surface area contributed by atoms with Crippen molar-refractivity contribution in [3.05, 3.63) is 34.1 Å². The summed E-state index contributed by atoms with van der Waals surface area (Å²) in [5.41, 5.74) is 8.67. The molecule has 14 heavy (non-hydrogen) atoms. The van der Waals surface area contributed by atoms with Gasteiger partial charge in [0.05, 0.1) is 19.3 Å². The number of methoxy groups -OCH3 is 1. The van der Waals surface area contributed by atoms with Crippen molar-refractivity contribution in [1.29, 1.82) is 0 Å². The van der Waals surface area contributed by atoms with E-state index >= 15 is 0 Å². The average molecular weight is 196 g/mol. The molecule has 1 heterocycles. The molecule has 1 rings (SSSR count). The predicted molar refractivity (Wildman–Crippen MR) is 48.3 cm³/mol. The number of aromatic nitrogens is 1. The summed E-state index contributed by atoms with van der Waals surface area (Å²) >= 11 is 0. The molecule has 0 aliphatic rings. The van der Waals surface area contributed by atoms with Gasteiger partial charge in [0.2, 0.25) is 5.88 Å². The zero-order valence-corrected chi connectivity index (χ0v) is 7.81. The number of hydrogen-bond donors (Lipinski definition) is 0. The molecular formula is C8H9FN4O. The summed E-state index contributed by atoms with van der Waals surface area (Å²) in [4.78, 5) is 6.36. The van der Waals surface area contributed by atoms with E-state index in [-0.39, 0.29) is 5.88 Å². The molecule has 0 saturated carbocycles. The minimum absolute atomic E-state index is 0.270. The van der Waals surface area contributed by atoms with E-state index in [9.17, 15) is 4.39 Å². The Labute approximate surface area is 80.2 Å². The second-order valence-corrected chi connectivity index (χ2v) is 2.63. The molecule has 0 radical (unpaired) electrons. The third kappa shape index (κ3) is 2.11. The molecule has 74 valence electrons. The van der Waals surface area contributed by atoms with Gasteiger partial charge in [0.15, 0.2) is 0 Å². The van der Waals surface area contributed by atoms with Crippen molar-refractivity contribution in [2.24, 2.45) is 5.11 Å². The summed E-state index contributed by atoms with van der Waals surface area (Å²) in [7, 11) is 1.42. The Bertz CT molecular complexity index is 376. The number of halogens is 1. The van der Waals surface area contributed by atoms with Gasteiger partial charge in [-0.05, 0) is 11.6 Å². The highest BCUT2D eigenvalue weighted by molar-refractivity contribution is 5.29. The molecule has 0 aromatic carbocycles. The number of ether oxygens (including phenoxy) is 1. The number of azide groups is 1. The molecule has 0 bridgehead atoms. The summed E-state index contributed by atoms with van der Waals surface area (Å²) in [6.07, 6.45) is 1.05. The first-order valence-electron chi connectivity index (χ1n) is 3.92. The van der Waals surface area contributed by atoms with E-state index in [1.54, 1.807) is 6.92 Å². The summed E-state index contributed by atoms with van der Waals surface area (Å²) in [6, 6.07) is 0.740. The van der Waals surface area contributed by atoms with Crippen LogP contribution in [0.15, 0.2) is 17.4 Å². The van der Waals surface area contributed by atoms with Gasteiger partial charge in [0.1, 0.15) is 5.82 Å². The van der Waals surface area contributed by atoms with Crippen molar-refractivity contribution in [1.82, 2.24) is 4.98 Å². The quantitative estimate of drug-likeness (QED) is 0.423. The van der Waals surface area contributed by atoms with Crippen molar-refractivity contribution in [3.63, 3.8) is 0 Å². The van der Waals surface area contributed by atoms with Crippen molar-refractivity contribution in [2.75, 3.05) is 7.11 Å². The third-order valence-corrected chi connectivity index (χ3v) is 1.71. The van der Waals surface area contributed by atoms with Gasteiger partial charge < -0.3 is 4.74 Å². The molecule has 0 N–H and O–H groups in total. The predicted octanol–water partition coefficient (Wildman–Crippen LogP) is 2.60. The molecule has 0 fully saturated rings. The van der Waals surface area contributed by atoms with Crippen LogP contribution in [0.4, 0.5) is 4.39 Å². The normalized spacial score (nSPS) is 11.6. The lowest BCUT2D eigenvalue weighted by Crippen LogP contribution is -1.98. The minimum Gasteiger partial charge on any atom is -0.481 e. The maximum absolute atomic E-state index is 12.8. The smallest absolute Gasteiger partial charge is 0.216 e. The van der Waals surface area contributed by atoms with Gasteiger partial charge in [-0.2, -0.15) is 0 Å². The van der Waals surface area contributed by atoms with Gasteiger partial charge in [-0.1, -0.05) is 12.0 Å². The first kappa shape index (κ1) is 10.3. The Hall–Kier alpha value is -1.81. The molecule has 1 aromatic heterocycles. The molecule has 0 aliphatic carbocycles. The molecule has 0 spiro atoms. The van der Waals surface area contributed by atoms with Gasteiger partial charge in [0.25, 0.3) is 0 Å². The van der Waals surface area contributed by atoms with Crippen LogP contribution >= 0.6 is 0 Å². The van der Waals surface area contributed by atoms with E-state index in [1.165, 1.54) is 13.2 Å². The van der Waals surface area contributed by atoms with Crippen molar-refractivity contribution in [2.45, 2.75) is 13.0 Å². The van der Waals surface area contributed by atoms with E-state index in [4.69, 9.17) is 10.3 Å². The van der Waals surface area contributed by atoms with E-state index in [1.807, 2.05) is 0 Å². The Morgan fingerprint density at radius 2 is 2.43 bits per heavy atom. The topological polar surface area (TPSA) is 70.9 Å². The lowest BCUT2D eigenvalue weighted by molar-refractivity contribution is 0.387. The van der Waals surface area contributed by atoms with Gasteiger partial charge >= 0.3 is 0 Å². The zero-order valence-electron chi connectivity index (χ0n) is 7.81. The van der Waals surface area contributed by atoms with Crippen LogP contribution in [-0.2, 0) is 0 Å². The van der Waals surface area contributed by atoms with E-state index in [0.29, 0.717) is 5.56 Å². The Balaban J connectivity index is 3.15. The average Bonchev–Trinajstić information content (AvgIpc) is 2.18. The third-order valence-electron chi connectivity index (χ3n) is 1.71. The first-order chi connectivity index (χ1) is 6.69. The fourth-order valence-electron chi connectivity index (χ4n) is 1.05. The monoisotopic (exact) mass is 196 g/mol. The van der Waals surface area contributed by atoms with Crippen molar-refractivity contribution >= 4 is 0 Å². The maximum Gasteiger partial charge on any atom is 0.216 e. The van der Waals surface area contributed by atoms with Crippen LogP contribution in [0.1, 0.15) is 18.5 Å². The second-order valence-electron chi connectivity index (χ2n) is 2.63. The molecule has 0 saturated heterocycles. The Kier molecular flexibility index (Phi) is 3.25. The highest BCUT2D eigenvalue weighted by Crippen LogP contribution is 2.25. The van der Waals surface area contributed by atoms with E-state index in [2.05, 4.69) is 15.0 Å². The fraction of sp³-hybridized carbons (Fsp3) is 0.375. The summed E-state index contributed by atoms with van der Waals surface area (Å²) in [5.74, 6) is -0.216. The summed E-state index contributed by atoms with van der Waals surface area (Å²) in [6.45, 7) is 1.64. The zero-order chi connectivity index (χ0) is 10.6. The minimum atomic E-state index is -0.502. The number of hydrogen-bond acceptors (Lipinski definition) is 3. The van der Waals surface area contributed by atoms with Crippen LogP contribution in [0.5, 0.6) is 5.88 Å². The molecule has 6 heteroatoms. The molecule has 0 aliphatic heterocycles. The molecule has 5 nitrogen and oxygen atoms in total. The first-order valence-corrected chi connectivity index (χ1v) is 3.92. The van der Waals surface area contributed by atoms with Crippen molar-refractivity contribution < 1.29 is 9.13 Å². The Morgan fingerprint density at radius 3 is 3.00 bits per heavy atom. The SMILES string of the molecule is COc1ncc(F)cc1C(C)N=[N+]=[N-]. The summed E-state index contributed by atoms with van der Waals surface area (Å²) in [5, 5.41) is 3.44. The van der Waals surface area contributed by atoms with Crippen LogP contribution < -0.4 is 4.74 Å². The van der Waals surface area contributed by atoms with Crippen LogP contribution in [0.25, 0.3) is 10.4 Å². The molecular weight excluding hydrogens is 187 g/mol. The van der Waals surface area contributed by atoms with E-state index in [0.717, 1.165) is 6.20 Å². The molecule has 0 amide bonds. The standard InChI is InChI=1S/C8H9FN4O/c1-5(12-13-10)7-3-6(9)4-11-8(7)14-2/h3-5H,1-2H3. The van der Waals surface area contributed by atoms with Gasteiger partial charge in [0, 0.05) is 10.5 Å². The van der Waals surface area contributed by atoms with Crippen LogP contribution in [0, 0.1) is 5.82 Å². The molecule has 1 atom stereocenters. The lowest BCUT2D eigenvalue weighted by Gasteiger charge is -2.09. The summed E-state index contributed by atoms with van der Waals surface area (Å²) < 4.78 is 17.7. The Morgan fingerprint density at radius 1 is 1.71 bits per heavy atom. The van der Waals surface area contributed by atoms with Crippen LogP contribution in [0.3, 0.4) is 0 Å². The largest absolute Gasteiger partial charge is 0.481 e. The van der Waals surface area contributed by atoms with E-state index < -0.39 is 11.9 Å². The number of rotatable bonds is 3. The second kappa shape index (κ2) is 4.43. The van der Waals surface area contributed by atoms with Crippen LogP contribution in [0.2, 0.25) is 0 Å². The van der Waals surface area contributed by atoms with Gasteiger partial charge in [-0.25, -0.2) is 9.37 Å². The fourth-order valence-corrected chi connectivity index (χ4v) is 1.05. The molecule has 1 unspecified atom stereocenters. The highest BCUT2D eigenvalue weighted by atomic mass is 19.1. The van der Waals surface area contributed by atoms with Crippen LogP contribution in [-0.4, -0.2) is 12.1 Å². The van der Waals surface area contributed by atoms with Gasteiger partial charge in [-0.15, -0.1) is 0 Å². The number of pyridine rings is 1. The lowest BCUT2D eigenvalue weighted by atomic mass is 10.1. The highest BCUT2D eigenvalue weighted by Gasteiger charge is 2.12.